The van der Waals surface area contributed by atoms with Crippen molar-refractivity contribution in [3.63, 3.8) is 0 Å². The van der Waals surface area contributed by atoms with Gasteiger partial charge in [-0.2, -0.15) is 0 Å². The molecule has 2 atom stereocenters. The molecule has 0 bridgehead atoms. The number of rotatable bonds is 5. The molecule has 0 radical (unpaired) electrons. The maximum absolute atomic E-state index is 4.66. The molecule has 2 unspecified atom stereocenters. The Hall–Kier alpha value is -1.81. The molecule has 21 heavy (non-hydrogen) atoms. The van der Waals surface area contributed by atoms with E-state index >= 15 is 0 Å². The van der Waals surface area contributed by atoms with Gasteiger partial charge in [0, 0.05) is 30.2 Å². The molecule has 0 saturated heterocycles. The minimum atomic E-state index is 0.153. The van der Waals surface area contributed by atoms with Crippen molar-refractivity contribution in [2.45, 2.75) is 44.6 Å². The molecule has 0 aromatic carbocycles. The SMILES string of the molecule is CCCNC(c1ncccn1)C1CCCc2cccnc21. The monoisotopic (exact) mass is 282 g/mol. The fourth-order valence-corrected chi connectivity index (χ4v) is 3.15. The Kier molecular flexibility index (Phi) is 4.55. The highest BCUT2D eigenvalue weighted by molar-refractivity contribution is 5.28. The maximum atomic E-state index is 4.66. The number of aryl methyl sites for hydroxylation is 1. The van der Waals surface area contributed by atoms with Crippen molar-refractivity contribution < 1.29 is 0 Å². The first-order valence-electron chi connectivity index (χ1n) is 7.84. The Morgan fingerprint density at radius 3 is 2.81 bits per heavy atom. The molecule has 1 aliphatic rings. The van der Waals surface area contributed by atoms with Crippen LogP contribution in [-0.4, -0.2) is 21.5 Å². The van der Waals surface area contributed by atoms with Gasteiger partial charge in [-0.25, -0.2) is 9.97 Å². The molecule has 1 N–H and O–H groups in total. The maximum Gasteiger partial charge on any atom is 0.145 e. The van der Waals surface area contributed by atoms with Crippen LogP contribution < -0.4 is 5.32 Å². The fourth-order valence-electron chi connectivity index (χ4n) is 3.15. The van der Waals surface area contributed by atoms with Gasteiger partial charge in [0.1, 0.15) is 5.82 Å². The Morgan fingerprint density at radius 2 is 2.00 bits per heavy atom. The second kappa shape index (κ2) is 6.76. The number of aromatic nitrogens is 3. The summed E-state index contributed by atoms with van der Waals surface area (Å²) in [4.78, 5) is 13.6. The Morgan fingerprint density at radius 1 is 1.19 bits per heavy atom. The van der Waals surface area contributed by atoms with Crippen LogP contribution in [0.5, 0.6) is 0 Å². The standard InChI is InChI=1S/C17H22N4/c1-2-9-18-16(17-20-11-5-12-21-17)14-8-3-6-13-7-4-10-19-15(13)14/h4-5,7,10-12,14,16,18H,2-3,6,8-9H2,1H3. The molecule has 4 nitrogen and oxygen atoms in total. The quantitative estimate of drug-likeness (QED) is 0.916. The number of pyridine rings is 1. The molecule has 2 aromatic rings. The van der Waals surface area contributed by atoms with Crippen LogP contribution in [0.4, 0.5) is 0 Å². The van der Waals surface area contributed by atoms with Crippen LogP contribution in [0.3, 0.4) is 0 Å². The van der Waals surface area contributed by atoms with Crippen LogP contribution in [-0.2, 0) is 6.42 Å². The smallest absolute Gasteiger partial charge is 0.145 e. The van der Waals surface area contributed by atoms with E-state index in [0.29, 0.717) is 5.92 Å². The molecular formula is C17H22N4. The molecule has 0 aliphatic heterocycles. The first-order valence-corrected chi connectivity index (χ1v) is 7.84. The van der Waals surface area contributed by atoms with Gasteiger partial charge in [-0.3, -0.25) is 4.98 Å². The Labute approximate surface area is 126 Å². The van der Waals surface area contributed by atoms with E-state index in [0.717, 1.165) is 31.6 Å². The molecule has 4 heteroatoms. The third kappa shape index (κ3) is 3.10. The van der Waals surface area contributed by atoms with Gasteiger partial charge in [0.05, 0.1) is 6.04 Å². The lowest BCUT2D eigenvalue weighted by Crippen LogP contribution is -2.31. The van der Waals surface area contributed by atoms with Gasteiger partial charge < -0.3 is 5.32 Å². The number of hydrogen-bond acceptors (Lipinski definition) is 4. The summed E-state index contributed by atoms with van der Waals surface area (Å²) in [5, 5.41) is 3.63. The van der Waals surface area contributed by atoms with Crippen molar-refractivity contribution in [1.82, 2.24) is 20.3 Å². The number of hydrogen-bond donors (Lipinski definition) is 1. The van der Waals surface area contributed by atoms with Crippen LogP contribution in [0, 0.1) is 0 Å². The van der Waals surface area contributed by atoms with E-state index in [1.807, 2.05) is 30.7 Å². The molecule has 2 heterocycles. The first-order chi connectivity index (χ1) is 10.4. The number of nitrogens with one attached hydrogen (secondary N) is 1. The van der Waals surface area contributed by atoms with E-state index in [-0.39, 0.29) is 6.04 Å². The van der Waals surface area contributed by atoms with Crippen LogP contribution in [0.15, 0.2) is 36.8 Å². The number of nitrogens with zero attached hydrogens (tertiary/aromatic N) is 3. The summed E-state index contributed by atoms with van der Waals surface area (Å²) in [6.07, 6.45) is 10.1. The molecular weight excluding hydrogens is 260 g/mol. The highest BCUT2D eigenvalue weighted by Gasteiger charge is 2.31. The van der Waals surface area contributed by atoms with Crippen molar-refractivity contribution in [2.75, 3.05) is 6.54 Å². The zero-order chi connectivity index (χ0) is 14.5. The van der Waals surface area contributed by atoms with Crippen LogP contribution in [0.2, 0.25) is 0 Å². The molecule has 3 rings (SSSR count). The highest BCUT2D eigenvalue weighted by Crippen LogP contribution is 2.38. The molecule has 0 fully saturated rings. The van der Waals surface area contributed by atoms with E-state index in [1.54, 1.807) is 0 Å². The molecule has 1 aliphatic carbocycles. The van der Waals surface area contributed by atoms with Crippen LogP contribution >= 0.6 is 0 Å². The zero-order valence-electron chi connectivity index (χ0n) is 12.5. The summed E-state index contributed by atoms with van der Waals surface area (Å²) in [5.74, 6) is 1.25. The zero-order valence-corrected chi connectivity index (χ0v) is 12.5. The van der Waals surface area contributed by atoms with Gasteiger partial charge >= 0.3 is 0 Å². The summed E-state index contributed by atoms with van der Waals surface area (Å²) < 4.78 is 0. The van der Waals surface area contributed by atoms with Gasteiger partial charge in [0.2, 0.25) is 0 Å². The second-order valence-corrected chi connectivity index (χ2v) is 5.59. The van der Waals surface area contributed by atoms with E-state index in [4.69, 9.17) is 0 Å². The van der Waals surface area contributed by atoms with E-state index in [2.05, 4.69) is 33.3 Å². The van der Waals surface area contributed by atoms with Gasteiger partial charge in [0.25, 0.3) is 0 Å². The largest absolute Gasteiger partial charge is 0.307 e. The molecule has 0 spiro atoms. The van der Waals surface area contributed by atoms with Crippen molar-refractivity contribution >= 4 is 0 Å². The van der Waals surface area contributed by atoms with Gasteiger partial charge in [-0.15, -0.1) is 0 Å². The lowest BCUT2D eigenvalue weighted by molar-refractivity contribution is 0.380. The predicted octanol–water partition coefficient (Wildman–Crippen LogP) is 3.03. The minimum absolute atomic E-state index is 0.153. The van der Waals surface area contributed by atoms with Crippen molar-refractivity contribution in [3.05, 3.63) is 53.9 Å². The summed E-state index contributed by atoms with van der Waals surface area (Å²) in [6.45, 7) is 3.16. The van der Waals surface area contributed by atoms with Crippen LogP contribution in [0.25, 0.3) is 0 Å². The topological polar surface area (TPSA) is 50.7 Å². The van der Waals surface area contributed by atoms with Crippen LogP contribution in [0.1, 0.15) is 55.2 Å². The lowest BCUT2D eigenvalue weighted by atomic mass is 9.81. The first kappa shape index (κ1) is 14.1. The van der Waals surface area contributed by atoms with Gasteiger partial charge in [-0.1, -0.05) is 13.0 Å². The van der Waals surface area contributed by atoms with Gasteiger partial charge in [-0.05, 0) is 49.9 Å². The summed E-state index contributed by atoms with van der Waals surface area (Å²) in [6, 6.07) is 6.26. The normalized spacial score (nSPS) is 19.0. The molecule has 0 saturated carbocycles. The van der Waals surface area contributed by atoms with E-state index in [1.165, 1.54) is 17.7 Å². The highest BCUT2D eigenvalue weighted by atomic mass is 15.0. The predicted molar refractivity (Wildman–Crippen MR) is 83.0 cm³/mol. The third-order valence-electron chi connectivity index (χ3n) is 4.12. The van der Waals surface area contributed by atoms with Crippen molar-refractivity contribution in [1.29, 1.82) is 0 Å². The summed E-state index contributed by atoms with van der Waals surface area (Å²) in [7, 11) is 0. The van der Waals surface area contributed by atoms with E-state index < -0.39 is 0 Å². The number of fused-ring (bicyclic) bond motifs is 1. The lowest BCUT2D eigenvalue weighted by Gasteiger charge is -2.31. The fraction of sp³-hybridized carbons (Fsp3) is 0.471. The van der Waals surface area contributed by atoms with E-state index in [9.17, 15) is 0 Å². The average molecular weight is 282 g/mol. The molecule has 110 valence electrons. The van der Waals surface area contributed by atoms with Gasteiger partial charge in [0.15, 0.2) is 0 Å². The summed E-state index contributed by atoms with van der Waals surface area (Å²) >= 11 is 0. The Bertz CT molecular complexity index is 570. The Balaban J connectivity index is 1.94. The van der Waals surface area contributed by atoms with Crippen molar-refractivity contribution in [2.24, 2.45) is 0 Å². The second-order valence-electron chi connectivity index (χ2n) is 5.59. The third-order valence-corrected chi connectivity index (χ3v) is 4.12. The summed E-state index contributed by atoms with van der Waals surface area (Å²) in [5.41, 5.74) is 2.61. The molecule has 2 aromatic heterocycles. The molecule has 0 amide bonds. The minimum Gasteiger partial charge on any atom is -0.307 e. The average Bonchev–Trinajstić information content (AvgIpc) is 2.56. The van der Waals surface area contributed by atoms with Crippen molar-refractivity contribution in [3.8, 4) is 0 Å².